The van der Waals surface area contributed by atoms with E-state index in [1.165, 1.54) is 12.1 Å². The van der Waals surface area contributed by atoms with Crippen LogP contribution in [0.4, 0.5) is 0 Å². The van der Waals surface area contributed by atoms with E-state index in [1.807, 2.05) is 31.2 Å². The highest BCUT2D eigenvalue weighted by Crippen LogP contribution is 2.28. The fraction of sp³-hybridized carbons (Fsp3) is 0.278. The molecule has 146 valence electrons. The molecule has 1 N–H and O–H groups in total. The molecule has 0 unspecified atom stereocenters. The molecule has 0 saturated heterocycles. The zero-order chi connectivity index (χ0) is 19.9. The van der Waals surface area contributed by atoms with E-state index < -0.39 is 16.0 Å². The first kappa shape index (κ1) is 21.5. The summed E-state index contributed by atoms with van der Waals surface area (Å²) in [6, 6.07) is 11.9. The summed E-state index contributed by atoms with van der Waals surface area (Å²) in [5.74, 6) is 0.136. The van der Waals surface area contributed by atoms with Crippen molar-refractivity contribution in [1.29, 1.82) is 0 Å². The Kier molecular flexibility index (Phi) is 7.91. The molecule has 0 aliphatic rings. The van der Waals surface area contributed by atoms with Crippen LogP contribution in [0, 0.1) is 6.92 Å². The molecular weight excluding hydrogens is 413 g/mol. The average molecular weight is 432 g/mol. The van der Waals surface area contributed by atoms with Crippen LogP contribution in [0.2, 0.25) is 10.0 Å². The Balaban J connectivity index is 1.72. The molecule has 0 radical (unpaired) electrons. The van der Waals surface area contributed by atoms with Crippen molar-refractivity contribution >= 4 is 39.2 Å². The predicted molar refractivity (Wildman–Crippen MR) is 104 cm³/mol. The highest BCUT2D eigenvalue weighted by Gasteiger charge is 2.21. The second kappa shape index (κ2) is 9.94. The summed E-state index contributed by atoms with van der Waals surface area (Å²) >= 11 is 11.8. The third-order valence-corrected chi connectivity index (χ3v) is 5.86. The van der Waals surface area contributed by atoms with Crippen LogP contribution in [0.1, 0.15) is 12.0 Å². The lowest BCUT2D eigenvalue weighted by Gasteiger charge is -2.10. The zero-order valence-electron chi connectivity index (χ0n) is 14.6. The van der Waals surface area contributed by atoms with Crippen LogP contribution in [0.15, 0.2) is 47.4 Å². The normalized spacial score (nSPS) is 11.2. The number of carbonyl (C=O) groups is 1. The van der Waals surface area contributed by atoms with Gasteiger partial charge in [0, 0.05) is 6.54 Å². The molecule has 0 aromatic heterocycles. The fourth-order valence-corrected chi connectivity index (χ4v) is 4.29. The lowest BCUT2D eigenvalue weighted by molar-refractivity contribution is -0.144. The number of carbonyl (C=O) groups excluding carboxylic acids is 1. The predicted octanol–water partition coefficient (Wildman–Crippen LogP) is 3.59. The molecule has 2 rings (SSSR count). The van der Waals surface area contributed by atoms with Gasteiger partial charge in [0.05, 0.1) is 16.5 Å². The molecule has 2 aromatic rings. The number of benzene rings is 2. The molecule has 0 saturated carbocycles. The summed E-state index contributed by atoms with van der Waals surface area (Å²) in [4.78, 5) is 11.5. The number of sulfonamides is 1. The van der Waals surface area contributed by atoms with Crippen LogP contribution in [0.25, 0.3) is 0 Å². The first-order chi connectivity index (χ1) is 12.8. The van der Waals surface area contributed by atoms with Gasteiger partial charge >= 0.3 is 5.97 Å². The van der Waals surface area contributed by atoms with Gasteiger partial charge in [-0.3, -0.25) is 4.79 Å². The smallest absolute Gasteiger partial charge is 0.307 e. The largest absolute Gasteiger partial charge is 0.490 e. The molecule has 0 spiro atoms. The number of hydrogen-bond donors (Lipinski definition) is 1. The molecule has 0 amide bonds. The van der Waals surface area contributed by atoms with E-state index in [4.69, 9.17) is 32.7 Å². The maximum absolute atomic E-state index is 12.2. The molecule has 0 fully saturated rings. The van der Waals surface area contributed by atoms with E-state index in [-0.39, 0.29) is 41.1 Å². The van der Waals surface area contributed by atoms with E-state index >= 15 is 0 Å². The molecule has 27 heavy (non-hydrogen) atoms. The van der Waals surface area contributed by atoms with Crippen molar-refractivity contribution in [2.24, 2.45) is 0 Å². The monoisotopic (exact) mass is 431 g/mol. The minimum atomic E-state index is -3.93. The van der Waals surface area contributed by atoms with Crippen molar-refractivity contribution in [2.45, 2.75) is 18.2 Å². The molecule has 2 aromatic carbocycles. The van der Waals surface area contributed by atoms with Gasteiger partial charge in [-0.05, 0) is 31.2 Å². The van der Waals surface area contributed by atoms with Gasteiger partial charge in [-0.25, -0.2) is 13.1 Å². The Morgan fingerprint density at radius 3 is 2.30 bits per heavy atom. The number of aryl methyl sites for hydroxylation is 1. The summed E-state index contributed by atoms with van der Waals surface area (Å²) in [7, 11) is -3.93. The number of rotatable bonds is 9. The van der Waals surface area contributed by atoms with E-state index in [1.54, 1.807) is 6.07 Å². The maximum Gasteiger partial charge on any atom is 0.307 e. The summed E-state index contributed by atoms with van der Waals surface area (Å²) in [5, 5.41) is 0.0108. The number of nitrogens with one attached hydrogen (secondary N) is 1. The minimum absolute atomic E-state index is 0.00540. The summed E-state index contributed by atoms with van der Waals surface area (Å²) in [5.41, 5.74) is 1.12. The molecular formula is C18H19Cl2NO5S. The van der Waals surface area contributed by atoms with Crippen LogP contribution in [-0.4, -0.2) is 34.1 Å². The summed E-state index contributed by atoms with van der Waals surface area (Å²) in [6.45, 7) is 2.10. The topological polar surface area (TPSA) is 81.7 Å². The summed E-state index contributed by atoms with van der Waals surface area (Å²) < 4.78 is 37.2. The van der Waals surface area contributed by atoms with Gasteiger partial charge in [0.15, 0.2) is 0 Å². The number of hydrogen-bond acceptors (Lipinski definition) is 5. The van der Waals surface area contributed by atoms with Crippen molar-refractivity contribution in [3.63, 3.8) is 0 Å². The van der Waals surface area contributed by atoms with Gasteiger partial charge in [0.1, 0.15) is 23.9 Å². The van der Waals surface area contributed by atoms with E-state index in [9.17, 15) is 13.2 Å². The highest BCUT2D eigenvalue weighted by atomic mass is 35.5. The highest BCUT2D eigenvalue weighted by molar-refractivity contribution is 7.89. The van der Waals surface area contributed by atoms with Gasteiger partial charge in [0.2, 0.25) is 10.0 Å². The molecule has 0 bridgehead atoms. The van der Waals surface area contributed by atoms with Crippen molar-refractivity contribution in [3.05, 3.63) is 58.1 Å². The van der Waals surface area contributed by atoms with Gasteiger partial charge in [-0.1, -0.05) is 47.0 Å². The third-order valence-electron chi connectivity index (χ3n) is 3.44. The SMILES string of the molecule is Cc1ccc(OCCOC(=O)CCNS(=O)(=O)c2c(Cl)cccc2Cl)cc1. The molecule has 0 atom stereocenters. The Morgan fingerprint density at radius 2 is 1.67 bits per heavy atom. The van der Waals surface area contributed by atoms with Crippen LogP contribution in [0.5, 0.6) is 5.75 Å². The molecule has 0 aliphatic heterocycles. The second-order valence-electron chi connectivity index (χ2n) is 5.58. The Morgan fingerprint density at radius 1 is 1.04 bits per heavy atom. The van der Waals surface area contributed by atoms with Crippen LogP contribution < -0.4 is 9.46 Å². The van der Waals surface area contributed by atoms with Crippen molar-refractivity contribution in [3.8, 4) is 5.75 Å². The van der Waals surface area contributed by atoms with Gasteiger partial charge in [-0.15, -0.1) is 0 Å². The lowest BCUT2D eigenvalue weighted by atomic mass is 10.2. The average Bonchev–Trinajstić information content (AvgIpc) is 2.59. The summed E-state index contributed by atoms with van der Waals surface area (Å²) in [6.07, 6.45) is -0.133. The Labute approximate surface area is 168 Å². The van der Waals surface area contributed by atoms with Crippen molar-refractivity contribution < 1.29 is 22.7 Å². The van der Waals surface area contributed by atoms with Crippen LogP contribution in [0.3, 0.4) is 0 Å². The quantitative estimate of drug-likeness (QED) is 0.484. The standard InChI is InChI=1S/C18H19Cl2NO5S/c1-13-5-7-14(8-6-13)25-11-12-26-17(22)9-10-21-27(23,24)18-15(19)3-2-4-16(18)20/h2-8,21H,9-12H2,1H3. The van der Waals surface area contributed by atoms with Crippen molar-refractivity contribution in [2.75, 3.05) is 19.8 Å². The molecule has 6 nitrogen and oxygen atoms in total. The second-order valence-corrected chi connectivity index (χ2v) is 8.10. The van der Waals surface area contributed by atoms with Gasteiger partial charge in [0.25, 0.3) is 0 Å². The number of halogens is 2. The van der Waals surface area contributed by atoms with E-state index in [2.05, 4.69) is 4.72 Å². The molecule has 0 heterocycles. The maximum atomic E-state index is 12.2. The van der Waals surface area contributed by atoms with Gasteiger partial charge in [-0.2, -0.15) is 0 Å². The lowest BCUT2D eigenvalue weighted by Crippen LogP contribution is -2.27. The first-order valence-corrected chi connectivity index (χ1v) is 10.3. The van der Waals surface area contributed by atoms with Crippen molar-refractivity contribution in [1.82, 2.24) is 4.72 Å². The number of esters is 1. The van der Waals surface area contributed by atoms with Crippen LogP contribution in [-0.2, 0) is 19.6 Å². The fourth-order valence-electron chi connectivity index (χ4n) is 2.12. The van der Waals surface area contributed by atoms with Gasteiger partial charge < -0.3 is 9.47 Å². The van der Waals surface area contributed by atoms with E-state index in [0.29, 0.717) is 5.75 Å². The minimum Gasteiger partial charge on any atom is -0.490 e. The third kappa shape index (κ3) is 6.70. The molecule has 9 heteroatoms. The molecule has 0 aliphatic carbocycles. The van der Waals surface area contributed by atoms with Crippen LogP contribution >= 0.6 is 23.2 Å². The zero-order valence-corrected chi connectivity index (χ0v) is 16.9. The Hall–Kier alpha value is -1.80. The Bertz CT molecular complexity index is 865. The first-order valence-electron chi connectivity index (χ1n) is 8.08. The number of ether oxygens (including phenoxy) is 2. The van der Waals surface area contributed by atoms with E-state index in [0.717, 1.165) is 5.56 Å².